The lowest BCUT2D eigenvalue weighted by molar-refractivity contribution is 0.187. The average Bonchev–Trinajstić information content (AvgIpc) is 3.34. The first kappa shape index (κ1) is 17.3. The quantitative estimate of drug-likeness (QED) is 0.865. The van der Waals surface area contributed by atoms with Crippen LogP contribution in [0.3, 0.4) is 0 Å². The Balaban J connectivity index is 1.59. The lowest BCUT2D eigenvalue weighted by atomic mass is 9.76. The van der Waals surface area contributed by atoms with Gasteiger partial charge in [0, 0.05) is 17.0 Å². The zero-order valence-electron chi connectivity index (χ0n) is 14.9. The number of aryl methyl sites for hydroxylation is 1. The van der Waals surface area contributed by atoms with E-state index in [1.165, 1.54) is 28.9 Å². The van der Waals surface area contributed by atoms with Crippen LogP contribution in [-0.2, 0) is 6.42 Å². The monoisotopic (exact) mass is 365 g/mol. The second-order valence-electron chi connectivity index (χ2n) is 6.96. The summed E-state index contributed by atoms with van der Waals surface area (Å²) < 4.78 is 0. The topological polar surface area (TPSA) is 60.1 Å². The number of nitrogens with zero attached hydrogens (tertiary/aromatic N) is 3. The molecule has 2 aliphatic rings. The number of hydrogen-bond donors (Lipinski definition) is 1. The summed E-state index contributed by atoms with van der Waals surface area (Å²) in [7, 11) is 0. The molecule has 2 heterocycles. The number of thiazole rings is 1. The van der Waals surface area contributed by atoms with Crippen LogP contribution in [0.15, 0.2) is 36.5 Å². The van der Waals surface area contributed by atoms with Crippen LogP contribution in [0.5, 0.6) is 0 Å². The molecular formula is C21H23N3OS. The van der Waals surface area contributed by atoms with Crippen molar-refractivity contribution in [1.29, 1.82) is 5.26 Å². The Labute approximate surface area is 158 Å². The van der Waals surface area contributed by atoms with Gasteiger partial charge < -0.3 is 10.0 Å². The van der Waals surface area contributed by atoms with Gasteiger partial charge in [-0.1, -0.05) is 37.3 Å². The molecule has 0 spiro atoms. The third kappa shape index (κ3) is 2.84. The number of hydrogen-bond acceptors (Lipinski definition) is 5. The van der Waals surface area contributed by atoms with Crippen LogP contribution < -0.4 is 4.90 Å². The van der Waals surface area contributed by atoms with E-state index in [1.807, 2.05) is 11.1 Å². The molecule has 1 aromatic carbocycles. The van der Waals surface area contributed by atoms with E-state index in [0.717, 1.165) is 23.5 Å². The average molecular weight is 366 g/mol. The van der Waals surface area contributed by atoms with Gasteiger partial charge >= 0.3 is 0 Å². The van der Waals surface area contributed by atoms with Crippen molar-refractivity contribution >= 4 is 22.0 Å². The Morgan fingerprint density at radius 3 is 2.73 bits per heavy atom. The molecule has 0 amide bonds. The van der Waals surface area contributed by atoms with Gasteiger partial charge in [0.15, 0.2) is 5.13 Å². The van der Waals surface area contributed by atoms with Crippen molar-refractivity contribution in [3.05, 3.63) is 52.5 Å². The van der Waals surface area contributed by atoms with Crippen LogP contribution in [0.2, 0.25) is 0 Å². The molecule has 0 bridgehead atoms. The Kier molecular flexibility index (Phi) is 4.80. The normalized spacial score (nSPS) is 24.9. The van der Waals surface area contributed by atoms with E-state index in [0.29, 0.717) is 0 Å². The van der Waals surface area contributed by atoms with Crippen molar-refractivity contribution in [2.45, 2.75) is 50.6 Å². The van der Waals surface area contributed by atoms with Crippen molar-refractivity contribution in [2.75, 3.05) is 11.5 Å². The van der Waals surface area contributed by atoms with Crippen molar-refractivity contribution in [3.63, 3.8) is 0 Å². The minimum atomic E-state index is -0.278. The summed E-state index contributed by atoms with van der Waals surface area (Å²) in [5, 5.41) is 20.6. The predicted octanol–water partition coefficient (Wildman–Crippen LogP) is 4.13. The van der Waals surface area contributed by atoms with E-state index in [-0.39, 0.29) is 24.6 Å². The van der Waals surface area contributed by atoms with Gasteiger partial charge in [0.1, 0.15) is 6.04 Å². The van der Waals surface area contributed by atoms with Gasteiger partial charge in [0.05, 0.1) is 18.7 Å². The summed E-state index contributed by atoms with van der Waals surface area (Å²) in [6, 6.07) is 10.6. The molecule has 4 rings (SSSR count). The summed E-state index contributed by atoms with van der Waals surface area (Å²) in [5.41, 5.74) is 3.84. The molecule has 1 aliphatic heterocycles. The maximum Gasteiger partial charge on any atom is 0.186 e. The lowest BCUT2D eigenvalue weighted by Gasteiger charge is -2.51. The van der Waals surface area contributed by atoms with Crippen LogP contribution in [0.1, 0.15) is 48.1 Å². The van der Waals surface area contributed by atoms with Gasteiger partial charge in [-0.15, -0.1) is 11.3 Å². The molecule has 1 aromatic heterocycles. The molecule has 0 unspecified atom stereocenters. The summed E-state index contributed by atoms with van der Waals surface area (Å²) in [6.45, 7) is 2.12. The van der Waals surface area contributed by atoms with Crippen LogP contribution in [0.4, 0.5) is 5.13 Å². The van der Waals surface area contributed by atoms with Gasteiger partial charge in [-0.3, -0.25) is 0 Å². The first-order valence-electron chi connectivity index (χ1n) is 9.29. The Bertz CT molecular complexity index is 849. The number of aliphatic hydroxyl groups is 1. The van der Waals surface area contributed by atoms with Gasteiger partial charge in [-0.05, 0) is 42.4 Å². The smallest absolute Gasteiger partial charge is 0.186 e. The summed E-state index contributed by atoms with van der Waals surface area (Å²) in [4.78, 5) is 7.66. The molecule has 4 nitrogen and oxygen atoms in total. The van der Waals surface area contributed by atoms with Gasteiger partial charge in [0.25, 0.3) is 0 Å². The minimum Gasteiger partial charge on any atom is -0.394 e. The largest absolute Gasteiger partial charge is 0.394 e. The molecule has 2 aromatic rings. The molecule has 0 radical (unpaired) electrons. The standard InChI is InChI=1S/C21H23N3OS/c1-2-17-12-23-21(26-17)24-18(11-22)20(19(24)13-25)16-9-7-15(8-10-16)14-5-3-4-6-14/h5,7-10,12,18-20,25H,2-4,6,13H2,1H3/t18-,19+,20+/m0/s1. The van der Waals surface area contributed by atoms with Crippen molar-refractivity contribution < 1.29 is 5.11 Å². The number of aliphatic hydroxyl groups excluding tert-OH is 1. The summed E-state index contributed by atoms with van der Waals surface area (Å²) >= 11 is 1.62. The molecular weight excluding hydrogens is 342 g/mol. The number of benzene rings is 1. The van der Waals surface area contributed by atoms with Gasteiger partial charge in [-0.2, -0.15) is 5.26 Å². The van der Waals surface area contributed by atoms with E-state index < -0.39 is 0 Å². The Morgan fingerprint density at radius 2 is 2.15 bits per heavy atom. The van der Waals surface area contributed by atoms with Crippen LogP contribution >= 0.6 is 11.3 Å². The summed E-state index contributed by atoms with van der Waals surface area (Å²) in [5.74, 6) is 0.0191. The van der Waals surface area contributed by atoms with Crippen molar-refractivity contribution in [1.82, 2.24) is 4.98 Å². The van der Waals surface area contributed by atoms with Gasteiger partial charge in [-0.25, -0.2) is 4.98 Å². The third-order valence-corrected chi connectivity index (χ3v) is 6.70. The lowest BCUT2D eigenvalue weighted by Crippen LogP contribution is -2.63. The molecule has 1 N–H and O–H groups in total. The molecule has 1 aliphatic carbocycles. The third-order valence-electron chi connectivity index (χ3n) is 5.55. The van der Waals surface area contributed by atoms with E-state index in [2.05, 4.69) is 48.3 Å². The maximum absolute atomic E-state index is 9.97. The van der Waals surface area contributed by atoms with E-state index in [4.69, 9.17) is 0 Å². The number of aromatic nitrogens is 1. The fraction of sp³-hybridized carbons (Fsp3) is 0.429. The highest BCUT2D eigenvalue weighted by molar-refractivity contribution is 7.15. The minimum absolute atomic E-state index is 0.0191. The predicted molar refractivity (Wildman–Crippen MR) is 105 cm³/mol. The van der Waals surface area contributed by atoms with Crippen LogP contribution in [0.25, 0.3) is 5.57 Å². The second-order valence-corrected chi connectivity index (χ2v) is 8.06. The highest BCUT2D eigenvalue weighted by Gasteiger charge is 2.50. The number of anilines is 1. The molecule has 0 saturated carbocycles. The Hall–Kier alpha value is -2.16. The number of allylic oxidation sites excluding steroid dienone is 2. The highest BCUT2D eigenvalue weighted by atomic mass is 32.1. The zero-order chi connectivity index (χ0) is 18.1. The highest BCUT2D eigenvalue weighted by Crippen LogP contribution is 2.45. The van der Waals surface area contributed by atoms with E-state index >= 15 is 0 Å². The van der Waals surface area contributed by atoms with Crippen molar-refractivity contribution in [3.8, 4) is 6.07 Å². The molecule has 1 fully saturated rings. The Morgan fingerprint density at radius 1 is 1.35 bits per heavy atom. The zero-order valence-corrected chi connectivity index (χ0v) is 15.7. The molecule has 26 heavy (non-hydrogen) atoms. The van der Waals surface area contributed by atoms with Crippen LogP contribution in [-0.4, -0.2) is 28.8 Å². The van der Waals surface area contributed by atoms with E-state index in [1.54, 1.807) is 11.3 Å². The maximum atomic E-state index is 9.97. The number of rotatable bonds is 5. The molecule has 134 valence electrons. The summed E-state index contributed by atoms with van der Waals surface area (Å²) in [6.07, 6.45) is 8.70. The first-order chi connectivity index (χ1) is 12.8. The fourth-order valence-electron chi connectivity index (χ4n) is 4.10. The SMILES string of the molecule is CCc1cnc(N2[C@H](CO)[C@H](c3ccc(C4=CCCC4)cc3)[C@@H]2C#N)s1. The first-order valence-corrected chi connectivity index (χ1v) is 10.1. The van der Waals surface area contributed by atoms with Crippen LogP contribution in [0, 0.1) is 11.3 Å². The molecule has 3 atom stereocenters. The molecule has 5 heteroatoms. The van der Waals surface area contributed by atoms with E-state index in [9.17, 15) is 10.4 Å². The fourth-order valence-corrected chi connectivity index (χ4v) is 5.05. The second kappa shape index (κ2) is 7.22. The molecule has 1 saturated heterocycles. The number of nitriles is 1. The van der Waals surface area contributed by atoms with Gasteiger partial charge in [0.2, 0.25) is 0 Å². The van der Waals surface area contributed by atoms with Crippen molar-refractivity contribution in [2.24, 2.45) is 0 Å².